The van der Waals surface area contributed by atoms with Crippen molar-refractivity contribution >= 4 is 29.2 Å². The lowest BCUT2D eigenvalue weighted by Gasteiger charge is -2.32. The van der Waals surface area contributed by atoms with Gasteiger partial charge < -0.3 is 15.7 Å². The van der Waals surface area contributed by atoms with Crippen LogP contribution < -0.4 is 10.6 Å². The second-order valence-corrected chi connectivity index (χ2v) is 5.51. The highest BCUT2D eigenvalue weighted by Crippen LogP contribution is 2.27. The molecule has 1 aliphatic rings. The summed E-state index contributed by atoms with van der Waals surface area (Å²) in [5, 5.41) is 9.86. The van der Waals surface area contributed by atoms with Crippen molar-refractivity contribution in [2.24, 2.45) is 0 Å². The fourth-order valence-corrected chi connectivity index (χ4v) is 2.87. The van der Waals surface area contributed by atoms with Crippen LogP contribution in [-0.2, 0) is 0 Å². The van der Waals surface area contributed by atoms with Crippen molar-refractivity contribution in [1.82, 2.24) is 4.98 Å². The van der Waals surface area contributed by atoms with E-state index in [1.165, 1.54) is 12.3 Å². The van der Waals surface area contributed by atoms with Crippen LogP contribution in [0.5, 0.6) is 0 Å². The molecule has 1 aromatic rings. The number of carbonyl (C=O) groups is 1. The second kappa shape index (κ2) is 5.48. The molecule has 2 rings (SSSR count). The van der Waals surface area contributed by atoms with E-state index in [0.717, 1.165) is 25.9 Å². The number of hydrogen-bond acceptors (Lipinski definition) is 5. The smallest absolute Gasteiger partial charge is 0.339 e. The number of nitrogens with zero attached hydrogens (tertiary/aromatic N) is 2. The first-order valence-electron chi connectivity index (χ1n) is 5.88. The molecule has 0 saturated carbocycles. The Kier molecular flexibility index (Phi) is 3.96. The molecule has 18 heavy (non-hydrogen) atoms. The van der Waals surface area contributed by atoms with Crippen LogP contribution in [0.25, 0.3) is 0 Å². The van der Waals surface area contributed by atoms with Crippen LogP contribution in [0.2, 0.25) is 0 Å². The number of piperidine rings is 1. The summed E-state index contributed by atoms with van der Waals surface area (Å²) in [6, 6.07) is 1.48. The molecular weight excluding hydrogens is 250 g/mol. The molecule has 0 spiro atoms. The van der Waals surface area contributed by atoms with E-state index in [9.17, 15) is 9.90 Å². The molecule has 1 saturated heterocycles. The number of hydrogen-bond donors (Lipinski definition) is 2. The largest absolute Gasteiger partial charge is 0.478 e. The van der Waals surface area contributed by atoms with Crippen LogP contribution in [0.15, 0.2) is 12.3 Å². The third-order valence-electron chi connectivity index (χ3n) is 3.19. The Hall–Kier alpha value is -1.43. The van der Waals surface area contributed by atoms with Gasteiger partial charge in [-0.1, -0.05) is 0 Å². The average molecular weight is 267 g/mol. The maximum atomic E-state index is 11.2. The summed E-state index contributed by atoms with van der Waals surface area (Å²) in [5.41, 5.74) is 6.17. The Labute approximate surface area is 110 Å². The van der Waals surface area contributed by atoms with Crippen molar-refractivity contribution in [2.45, 2.75) is 18.1 Å². The van der Waals surface area contributed by atoms with E-state index < -0.39 is 5.97 Å². The Bertz CT molecular complexity index is 445. The molecule has 0 aliphatic carbocycles. The fraction of sp³-hybridized carbons (Fsp3) is 0.500. The fourth-order valence-electron chi connectivity index (χ4n) is 2.19. The van der Waals surface area contributed by atoms with Crippen molar-refractivity contribution in [3.8, 4) is 0 Å². The zero-order chi connectivity index (χ0) is 13.1. The summed E-state index contributed by atoms with van der Waals surface area (Å²) in [6.45, 7) is 1.70. The average Bonchev–Trinajstić information content (AvgIpc) is 2.39. The second-order valence-electron chi connectivity index (χ2n) is 4.37. The maximum absolute atomic E-state index is 11.2. The minimum absolute atomic E-state index is 0.192. The van der Waals surface area contributed by atoms with Crippen LogP contribution in [0.3, 0.4) is 0 Å². The third-order valence-corrected chi connectivity index (χ3v) is 4.33. The summed E-state index contributed by atoms with van der Waals surface area (Å²) in [6.07, 6.45) is 5.76. The normalized spacial score (nSPS) is 16.8. The van der Waals surface area contributed by atoms with Gasteiger partial charge in [-0.2, -0.15) is 11.8 Å². The highest BCUT2D eigenvalue weighted by atomic mass is 32.2. The summed E-state index contributed by atoms with van der Waals surface area (Å²) in [7, 11) is 0. The molecule has 0 radical (unpaired) electrons. The van der Waals surface area contributed by atoms with E-state index >= 15 is 0 Å². The summed E-state index contributed by atoms with van der Waals surface area (Å²) >= 11 is 1.87. The lowest BCUT2D eigenvalue weighted by molar-refractivity contribution is 0.0697. The quantitative estimate of drug-likeness (QED) is 0.867. The van der Waals surface area contributed by atoms with Gasteiger partial charge in [-0.15, -0.1) is 0 Å². The molecule has 1 fully saturated rings. The van der Waals surface area contributed by atoms with Gasteiger partial charge in [0.2, 0.25) is 0 Å². The van der Waals surface area contributed by atoms with Crippen molar-refractivity contribution in [2.75, 3.05) is 30.0 Å². The Morgan fingerprint density at radius 2 is 2.22 bits per heavy atom. The van der Waals surface area contributed by atoms with E-state index in [4.69, 9.17) is 5.73 Å². The molecule has 0 unspecified atom stereocenters. The van der Waals surface area contributed by atoms with E-state index in [2.05, 4.69) is 11.2 Å². The molecule has 6 heteroatoms. The van der Waals surface area contributed by atoms with Gasteiger partial charge in [-0.05, 0) is 25.2 Å². The topological polar surface area (TPSA) is 79.5 Å². The highest BCUT2D eigenvalue weighted by molar-refractivity contribution is 7.99. The van der Waals surface area contributed by atoms with Crippen LogP contribution in [-0.4, -0.2) is 40.7 Å². The molecule has 0 amide bonds. The Morgan fingerprint density at radius 1 is 1.56 bits per heavy atom. The van der Waals surface area contributed by atoms with E-state index in [-0.39, 0.29) is 5.56 Å². The number of aromatic carboxylic acids is 1. The number of aromatic nitrogens is 1. The number of carboxylic acid groups (broad SMARTS) is 1. The van der Waals surface area contributed by atoms with E-state index in [1.807, 2.05) is 16.7 Å². The number of thioether (sulfide) groups is 1. The monoisotopic (exact) mass is 267 g/mol. The zero-order valence-corrected chi connectivity index (χ0v) is 11.1. The molecule has 1 aromatic heterocycles. The predicted molar refractivity (Wildman–Crippen MR) is 74.4 cm³/mol. The molecule has 2 heterocycles. The van der Waals surface area contributed by atoms with Crippen LogP contribution in [0, 0.1) is 0 Å². The van der Waals surface area contributed by atoms with Crippen LogP contribution in [0.4, 0.5) is 11.5 Å². The van der Waals surface area contributed by atoms with Crippen molar-refractivity contribution in [3.63, 3.8) is 0 Å². The molecular formula is C12H17N3O2S. The Balaban J connectivity index is 2.21. The molecule has 0 aromatic carbocycles. The van der Waals surface area contributed by atoms with Gasteiger partial charge in [-0.25, -0.2) is 9.78 Å². The van der Waals surface area contributed by atoms with Crippen molar-refractivity contribution < 1.29 is 9.90 Å². The van der Waals surface area contributed by atoms with E-state index in [1.54, 1.807) is 0 Å². The van der Waals surface area contributed by atoms with Crippen LogP contribution >= 0.6 is 11.8 Å². The van der Waals surface area contributed by atoms with Gasteiger partial charge in [0.05, 0.1) is 11.9 Å². The lowest BCUT2D eigenvalue weighted by Crippen LogP contribution is -2.36. The third kappa shape index (κ3) is 2.69. The van der Waals surface area contributed by atoms with Crippen molar-refractivity contribution in [3.05, 3.63) is 17.8 Å². The summed E-state index contributed by atoms with van der Waals surface area (Å²) in [4.78, 5) is 17.4. The van der Waals surface area contributed by atoms with E-state index in [0.29, 0.717) is 16.8 Å². The Morgan fingerprint density at radius 3 is 2.78 bits per heavy atom. The number of rotatable bonds is 3. The summed E-state index contributed by atoms with van der Waals surface area (Å²) in [5.74, 6) is -0.437. The SMILES string of the molecule is CSC1CCN(c2ncc(N)cc2C(=O)O)CC1. The standard InChI is InChI=1S/C12H17N3O2S/c1-18-9-2-4-15(5-3-9)11-10(12(16)17)6-8(13)7-14-11/h6-7,9H,2-5,13H2,1H3,(H,16,17). The first-order valence-corrected chi connectivity index (χ1v) is 7.17. The number of nitrogen functional groups attached to an aromatic ring is 1. The van der Waals surface area contributed by atoms with Crippen LogP contribution in [0.1, 0.15) is 23.2 Å². The van der Waals surface area contributed by atoms with Gasteiger partial charge in [0.1, 0.15) is 11.4 Å². The highest BCUT2D eigenvalue weighted by Gasteiger charge is 2.23. The minimum atomic E-state index is -0.975. The van der Waals surface area contributed by atoms with Gasteiger partial charge in [0, 0.05) is 18.3 Å². The molecule has 1 aliphatic heterocycles. The minimum Gasteiger partial charge on any atom is -0.478 e. The number of anilines is 2. The van der Waals surface area contributed by atoms with Gasteiger partial charge >= 0.3 is 5.97 Å². The first kappa shape index (κ1) is 13.0. The van der Waals surface area contributed by atoms with Gasteiger partial charge in [0.25, 0.3) is 0 Å². The predicted octanol–water partition coefficient (Wildman–Crippen LogP) is 1.69. The van der Waals surface area contributed by atoms with Gasteiger partial charge in [-0.3, -0.25) is 0 Å². The summed E-state index contributed by atoms with van der Waals surface area (Å²) < 4.78 is 0. The van der Waals surface area contributed by atoms with Gasteiger partial charge in [0.15, 0.2) is 0 Å². The molecule has 0 bridgehead atoms. The number of nitrogens with two attached hydrogens (primary N) is 1. The lowest BCUT2D eigenvalue weighted by atomic mass is 10.1. The first-order chi connectivity index (χ1) is 8.61. The zero-order valence-electron chi connectivity index (χ0n) is 10.3. The number of pyridine rings is 1. The maximum Gasteiger partial charge on any atom is 0.339 e. The van der Waals surface area contributed by atoms with Crippen molar-refractivity contribution in [1.29, 1.82) is 0 Å². The number of carboxylic acids is 1. The molecule has 3 N–H and O–H groups in total. The molecule has 0 atom stereocenters. The molecule has 98 valence electrons. The molecule has 5 nitrogen and oxygen atoms in total.